The quantitative estimate of drug-likeness (QED) is 0.579. The van der Waals surface area contributed by atoms with Gasteiger partial charge in [-0.05, 0) is 30.2 Å². The molecule has 1 saturated heterocycles. The molecule has 0 spiro atoms. The number of alkyl halides is 1. The summed E-state index contributed by atoms with van der Waals surface area (Å²) < 4.78 is 0. The van der Waals surface area contributed by atoms with Gasteiger partial charge in [0.15, 0.2) is 0 Å². The Balaban J connectivity index is 1.66. The number of hydrogen-bond donors (Lipinski definition) is 1. The predicted molar refractivity (Wildman–Crippen MR) is 95.8 cm³/mol. The van der Waals surface area contributed by atoms with Gasteiger partial charge in [-0.3, -0.25) is 10.2 Å². The number of anilines is 1. The van der Waals surface area contributed by atoms with E-state index in [-0.39, 0.29) is 11.9 Å². The van der Waals surface area contributed by atoms with Crippen LogP contribution in [-0.4, -0.2) is 21.3 Å². The second-order valence-electron chi connectivity index (χ2n) is 5.92. The predicted octanol–water partition coefficient (Wildman–Crippen LogP) is 4.06. The summed E-state index contributed by atoms with van der Waals surface area (Å²) in [6.07, 6.45) is 0. The largest absolute Gasteiger partial charge is 0.279 e. The number of carbonyl (C=O) groups excluding carboxylic acids is 1. The minimum Gasteiger partial charge on any atom is -0.279 e. The van der Waals surface area contributed by atoms with Crippen LogP contribution >= 0.6 is 11.6 Å². The molecule has 1 N–H and O–H groups in total. The van der Waals surface area contributed by atoms with E-state index in [1.165, 1.54) is 0 Å². The Kier molecular flexibility index (Phi) is 3.62. The first-order valence-electron chi connectivity index (χ1n) is 7.80. The molecule has 1 aromatic heterocycles. The highest BCUT2D eigenvalue weighted by Crippen LogP contribution is 2.38. The summed E-state index contributed by atoms with van der Waals surface area (Å²) in [6, 6.07) is 19.5. The van der Waals surface area contributed by atoms with Crippen LogP contribution in [-0.2, 0) is 4.79 Å². The second-order valence-corrected chi connectivity index (χ2v) is 6.39. The number of nitrogens with zero attached hydrogens (tertiary/aromatic N) is 2. The number of carbonyl (C=O) groups is 1. The summed E-state index contributed by atoms with van der Waals surface area (Å²) in [4.78, 5) is 16.8. The Morgan fingerprint density at radius 2 is 1.79 bits per heavy atom. The minimum atomic E-state index is -0.554. The molecular weight excluding hydrogens is 322 g/mol. The van der Waals surface area contributed by atoms with Gasteiger partial charge in [0.05, 0.1) is 5.52 Å². The van der Waals surface area contributed by atoms with Crippen LogP contribution in [0.5, 0.6) is 0 Å². The number of hydrogen-bond acceptors (Lipinski definition) is 3. The summed E-state index contributed by atoms with van der Waals surface area (Å²) in [5.74, 6) is 0.502. The molecule has 1 aliphatic heterocycles. The van der Waals surface area contributed by atoms with Crippen LogP contribution in [0, 0.1) is 6.92 Å². The number of nitrogens with one attached hydrogen (secondary N) is 1. The van der Waals surface area contributed by atoms with Gasteiger partial charge in [-0.1, -0.05) is 48.5 Å². The lowest BCUT2D eigenvalue weighted by Gasteiger charge is -2.44. The molecule has 1 aliphatic rings. The molecule has 0 bridgehead atoms. The van der Waals surface area contributed by atoms with Crippen molar-refractivity contribution >= 4 is 34.2 Å². The van der Waals surface area contributed by atoms with Crippen molar-refractivity contribution in [3.05, 3.63) is 71.8 Å². The molecule has 24 heavy (non-hydrogen) atoms. The summed E-state index contributed by atoms with van der Waals surface area (Å²) in [7, 11) is 0. The van der Waals surface area contributed by atoms with Crippen molar-refractivity contribution in [1.82, 2.24) is 9.99 Å². The van der Waals surface area contributed by atoms with Crippen LogP contribution in [0.15, 0.2) is 60.7 Å². The number of para-hydroxylation sites is 1. The molecule has 1 fully saturated rings. The third-order valence-electron chi connectivity index (χ3n) is 4.33. The molecule has 0 aliphatic carbocycles. The number of amides is 1. The Morgan fingerprint density at radius 1 is 1.08 bits per heavy atom. The zero-order valence-corrected chi connectivity index (χ0v) is 13.9. The van der Waals surface area contributed by atoms with Crippen molar-refractivity contribution < 1.29 is 4.79 Å². The molecular formula is C19H16ClN3O. The van der Waals surface area contributed by atoms with Gasteiger partial charge < -0.3 is 0 Å². The average Bonchev–Trinajstić information content (AvgIpc) is 2.62. The van der Waals surface area contributed by atoms with Crippen molar-refractivity contribution in [2.45, 2.75) is 18.3 Å². The highest BCUT2D eigenvalue weighted by atomic mass is 35.5. The first-order chi connectivity index (χ1) is 11.6. The van der Waals surface area contributed by atoms with Crippen molar-refractivity contribution in [1.29, 1.82) is 0 Å². The van der Waals surface area contributed by atoms with Crippen molar-refractivity contribution in [2.24, 2.45) is 0 Å². The van der Waals surface area contributed by atoms with Crippen LogP contribution < -0.4 is 5.43 Å². The number of rotatable bonds is 3. The Morgan fingerprint density at radius 3 is 2.58 bits per heavy atom. The van der Waals surface area contributed by atoms with E-state index in [1.807, 2.05) is 67.6 Å². The zero-order valence-electron chi connectivity index (χ0n) is 13.1. The molecule has 4 nitrogen and oxygen atoms in total. The van der Waals surface area contributed by atoms with Crippen molar-refractivity contribution in [3.63, 3.8) is 0 Å². The number of pyridine rings is 1. The number of benzene rings is 2. The molecule has 2 atom stereocenters. The number of aryl methyl sites for hydroxylation is 1. The number of aromatic nitrogens is 1. The maximum absolute atomic E-state index is 12.2. The van der Waals surface area contributed by atoms with Crippen LogP contribution in [0.25, 0.3) is 10.9 Å². The standard InChI is InChI=1S/C19H16ClN3O/c1-12-11-16(21-15-10-6-5-9-14(12)15)22-23-18(17(20)19(23)24)13-7-3-2-4-8-13/h2-11,17-18H,1H3,(H,21,22). The lowest BCUT2D eigenvalue weighted by atomic mass is 9.95. The third kappa shape index (κ3) is 2.39. The van der Waals surface area contributed by atoms with Gasteiger partial charge in [0, 0.05) is 5.39 Å². The molecule has 120 valence electrons. The van der Waals surface area contributed by atoms with Gasteiger partial charge >= 0.3 is 0 Å². The average molecular weight is 338 g/mol. The maximum atomic E-state index is 12.2. The molecule has 3 aromatic rings. The number of fused-ring (bicyclic) bond motifs is 1. The van der Waals surface area contributed by atoms with Gasteiger partial charge in [-0.25, -0.2) is 9.99 Å². The number of halogens is 1. The van der Waals surface area contributed by atoms with Gasteiger partial charge in [0.1, 0.15) is 17.2 Å². The maximum Gasteiger partial charge on any atom is 0.262 e. The molecule has 2 unspecified atom stereocenters. The van der Waals surface area contributed by atoms with Gasteiger partial charge in [0.25, 0.3) is 5.91 Å². The fourth-order valence-electron chi connectivity index (χ4n) is 3.08. The molecule has 0 radical (unpaired) electrons. The van der Waals surface area contributed by atoms with Crippen LogP contribution in [0.4, 0.5) is 5.82 Å². The Hall–Kier alpha value is -2.59. The summed E-state index contributed by atoms with van der Waals surface area (Å²) >= 11 is 6.24. The fraction of sp³-hybridized carbons (Fsp3) is 0.158. The minimum absolute atomic E-state index is 0.141. The van der Waals surface area contributed by atoms with E-state index in [0.29, 0.717) is 5.82 Å². The van der Waals surface area contributed by atoms with Crippen LogP contribution in [0.3, 0.4) is 0 Å². The Bertz CT molecular complexity index is 913. The van der Waals surface area contributed by atoms with Gasteiger partial charge in [-0.15, -0.1) is 11.6 Å². The van der Waals surface area contributed by atoms with Gasteiger partial charge in [-0.2, -0.15) is 0 Å². The highest BCUT2D eigenvalue weighted by Gasteiger charge is 2.47. The lowest BCUT2D eigenvalue weighted by molar-refractivity contribution is -0.143. The molecule has 2 heterocycles. The van der Waals surface area contributed by atoms with E-state index in [9.17, 15) is 4.79 Å². The smallest absolute Gasteiger partial charge is 0.262 e. The van der Waals surface area contributed by atoms with E-state index in [1.54, 1.807) is 5.01 Å². The van der Waals surface area contributed by atoms with Crippen LogP contribution in [0.1, 0.15) is 17.2 Å². The molecule has 5 heteroatoms. The van der Waals surface area contributed by atoms with Gasteiger partial charge in [0.2, 0.25) is 0 Å². The summed E-state index contributed by atoms with van der Waals surface area (Å²) in [5.41, 5.74) is 6.13. The van der Waals surface area contributed by atoms with E-state index >= 15 is 0 Å². The summed E-state index contributed by atoms with van der Waals surface area (Å²) in [5, 5.41) is 2.11. The highest BCUT2D eigenvalue weighted by molar-refractivity contribution is 6.33. The molecule has 4 rings (SSSR count). The number of β-lactam (4-membered cyclic amide) rings is 1. The van der Waals surface area contributed by atoms with E-state index < -0.39 is 5.38 Å². The molecule has 2 aromatic carbocycles. The first kappa shape index (κ1) is 15.0. The SMILES string of the molecule is Cc1cc(NN2C(=O)C(Cl)C2c2ccccc2)nc2ccccc12. The molecule has 1 amide bonds. The fourth-order valence-corrected chi connectivity index (χ4v) is 3.44. The molecule has 0 saturated carbocycles. The van der Waals surface area contributed by atoms with Crippen molar-refractivity contribution in [3.8, 4) is 0 Å². The van der Waals surface area contributed by atoms with E-state index in [0.717, 1.165) is 22.0 Å². The normalized spacial score (nSPS) is 20.1. The second kappa shape index (κ2) is 5.80. The summed E-state index contributed by atoms with van der Waals surface area (Å²) in [6.45, 7) is 2.03. The van der Waals surface area contributed by atoms with Crippen LogP contribution in [0.2, 0.25) is 0 Å². The third-order valence-corrected chi connectivity index (χ3v) is 4.75. The topological polar surface area (TPSA) is 45.2 Å². The number of hydrazine groups is 1. The Labute approximate surface area is 145 Å². The monoisotopic (exact) mass is 337 g/mol. The van der Waals surface area contributed by atoms with E-state index in [2.05, 4.69) is 10.4 Å². The van der Waals surface area contributed by atoms with Crippen molar-refractivity contribution in [2.75, 3.05) is 5.43 Å². The zero-order chi connectivity index (χ0) is 16.7. The lowest BCUT2D eigenvalue weighted by Crippen LogP contribution is -2.58. The first-order valence-corrected chi connectivity index (χ1v) is 8.24. The van der Waals surface area contributed by atoms with E-state index in [4.69, 9.17) is 11.6 Å².